The molecule has 0 aliphatic carbocycles. The summed E-state index contributed by atoms with van der Waals surface area (Å²) < 4.78 is 28.2. The third kappa shape index (κ3) is 6.92. The molecule has 0 radical (unpaired) electrons. The van der Waals surface area contributed by atoms with Gasteiger partial charge in [-0.3, -0.25) is 0 Å². The Labute approximate surface area is 230 Å². The summed E-state index contributed by atoms with van der Waals surface area (Å²) in [6, 6.07) is 27.3. The Morgan fingerprint density at radius 2 is 1.31 bits per heavy atom. The molecule has 0 heterocycles. The van der Waals surface area contributed by atoms with Crippen molar-refractivity contribution in [2.24, 2.45) is 0 Å². The van der Waals surface area contributed by atoms with Crippen LogP contribution in [0.2, 0.25) is 0 Å². The largest absolute Gasteiger partial charge is 0.497 e. The van der Waals surface area contributed by atoms with Crippen molar-refractivity contribution in [2.45, 2.75) is 12.5 Å². The van der Waals surface area contributed by atoms with E-state index in [4.69, 9.17) is 23.7 Å². The smallest absolute Gasteiger partial charge is 0.127 e. The van der Waals surface area contributed by atoms with E-state index in [1.165, 1.54) is 0 Å². The second-order valence-corrected chi connectivity index (χ2v) is 8.89. The third-order valence-electron chi connectivity index (χ3n) is 6.49. The maximum atomic E-state index is 10.6. The molecule has 0 aliphatic rings. The van der Waals surface area contributed by atoms with Crippen LogP contribution in [0.25, 0.3) is 12.2 Å². The second kappa shape index (κ2) is 13.4. The Hall–Kier alpha value is -4.42. The molecule has 0 aliphatic heterocycles. The van der Waals surface area contributed by atoms with Crippen LogP contribution in [-0.2, 0) is 6.61 Å². The van der Waals surface area contributed by atoms with E-state index in [0.717, 1.165) is 33.6 Å². The number of ether oxygens (including phenoxy) is 5. The van der Waals surface area contributed by atoms with Crippen molar-refractivity contribution in [2.75, 3.05) is 35.0 Å². The molecule has 0 bridgehead atoms. The van der Waals surface area contributed by atoms with Gasteiger partial charge in [-0.2, -0.15) is 0 Å². The van der Waals surface area contributed by atoms with E-state index < -0.39 is 5.92 Å². The number of rotatable bonds is 12. The fraction of sp³-hybridized carbons (Fsp3) is 0.212. The number of hydrogen-bond acceptors (Lipinski definition) is 6. The molecule has 4 aromatic rings. The summed E-state index contributed by atoms with van der Waals surface area (Å²) in [6.07, 6.45) is 4.01. The first kappa shape index (κ1) is 27.6. The zero-order chi connectivity index (χ0) is 27.6. The number of aliphatic hydroxyl groups excluding tert-OH is 1. The van der Waals surface area contributed by atoms with Gasteiger partial charge in [0.15, 0.2) is 0 Å². The van der Waals surface area contributed by atoms with Crippen LogP contribution in [0.15, 0.2) is 84.9 Å². The fourth-order valence-electron chi connectivity index (χ4n) is 4.42. The maximum absolute atomic E-state index is 10.6. The van der Waals surface area contributed by atoms with Crippen LogP contribution in [0.4, 0.5) is 0 Å². The standard InChI is InChI=1S/C33H34O6/c1-35-28-17-26(18-29(19-28)36-2)31(21-34)33-25(16-30(37-3)20-32(33)38-4)13-10-23-11-14-27(15-12-23)39-22-24-8-6-5-7-9-24/h5-20,31,34H,21-22H2,1-4H3. The van der Waals surface area contributed by atoms with Gasteiger partial charge in [0.25, 0.3) is 0 Å². The Morgan fingerprint density at radius 3 is 1.90 bits per heavy atom. The maximum Gasteiger partial charge on any atom is 0.127 e. The van der Waals surface area contributed by atoms with E-state index >= 15 is 0 Å². The van der Waals surface area contributed by atoms with Crippen LogP contribution in [-0.4, -0.2) is 40.2 Å². The Morgan fingerprint density at radius 1 is 0.667 bits per heavy atom. The van der Waals surface area contributed by atoms with Crippen LogP contribution in [0.3, 0.4) is 0 Å². The summed E-state index contributed by atoms with van der Waals surface area (Å²) in [6.45, 7) is 0.369. The summed E-state index contributed by atoms with van der Waals surface area (Å²) in [5.74, 6) is 2.94. The number of methoxy groups -OCH3 is 4. The molecule has 6 nitrogen and oxygen atoms in total. The van der Waals surface area contributed by atoms with Gasteiger partial charge in [-0.25, -0.2) is 0 Å². The number of benzene rings is 4. The summed E-state index contributed by atoms with van der Waals surface area (Å²) >= 11 is 0. The summed E-state index contributed by atoms with van der Waals surface area (Å²) in [5.41, 5.74) is 4.64. The van der Waals surface area contributed by atoms with Crippen molar-refractivity contribution in [3.05, 3.63) is 113 Å². The first-order valence-electron chi connectivity index (χ1n) is 12.6. The average Bonchev–Trinajstić information content (AvgIpc) is 3.00. The van der Waals surface area contributed by atoms with Crippen molar-refractivity contribution < 1.29 is 28.8 Å². The molecule has 0 aromatic heterocycles. The van der Waals surface area contributed by atoms with Gasteiger partial charge in [-0.15, -0.1) is 0 Å². The zero-order valence-corrected chi connectivity index (χ0v) is 22.7. The monoisotopic (exact) mass is 526 g/mol. The van der Waals surface area contributed by atoms with Gasteiger partial charge in [0.1, 0.15) is 35.4 Å². The van der Waals surface area contributed by atoms with Gasteiger partial charge >= 0.3 is 0 Å². The minimum atomic E-state index is -0.400. The zero-order valence-electron chi connectivity index (χ0n) is 22.7. The molecule has 1 N–H and O–H groups in total. The van der Waals surface area contributed by atoms with Crippen LogP contribution < -0.4 is 23.7 Å². The van der Waals surface area contributed by atoms with E-state index in [1.54, 1.807) is 34.5 Å². The van der Waals surface area contributed by atoms with E-state index in [9.17, 15) is 5.11 Å². The van der Waals surface area contributed by atoms with Crippen molar-refractivity contribution in [1.82, 2.24) is 0 Å². The summed E-state index contributed by atoms with van der Waals surface area (Å²) in [5, 5.41) is 10.6. The first-order valence-corrected chi connectivity index (χ1v) is 12.6. The quantitative estimate of drug-likeness (QED) is 0.210. The molecule has 0 fully saturated rings. The minimum absolute atomic E-state index is 0.146. The molecular weight excluding hydrogens is 492 g/mol. The Kier molecular flexibility index (Phi) is 9.48. The van der Waals surface area contributed by atoms with Crippen LogP contribution >= 0.6 is 0 Å². The molecule has 1 unspecified atom stereocenters. The average molecular weight is 527 g/mol. The molecule has 0 saturated carbocycles. The van der Waals surface area contributed by atoms with Crippen molar-refractivity contribution in [1.29, 1.82) is 0 Å². The molecule has 4 aromatic carbocycles. The van der Waals surface area contributed by atoms with E-state index in [0.29, 0.717) is 29.6 Å². The van der Waals surface area contributed by atoms with Crippen LogP contribution in [0.5, 0.6) is 28.7 Å². The van der Waals surface area contributed by atoms with Gasteiger partial charge in [0.2, 0.25) is 0 Å². The SMILES string of the molecule is COc1cc(OC)cc(C(CO)c2c(C=Cc3ccc(OCc4ccccc4)cc3)cc(OC)cc2OC)c1. The topological polar surface area (TPSA) is 66.4 Å². The minimum Gasteiger partial charge on any atom is -0.497 e. The van der Waals surface area contributed by atoms with E-state index in [1.807, 2.05) is 91.0 Å². The van der Waals surface area contributed by atoms with Gasteiger partial charge in [0.05, 0.1) is 35.0 Å². The van der Waals surface area contributed by atoms with Crippen molar-refractivity contribution >= 4 is 12.2 Å². The molecule has 4 rings (SSSR count). The predicted octanol–water partition coefficient (Wildman–Crippen LogP) is 6.59. The third-order valence-corrected chi connectivity index (χ3v) is 6.49. The Balaban J connectivity index is 1.66. The van der Waals surface area contributed by atoms with Crippen molar-refractivity contribution in [3.8, 4) is 28.7 Å². The lowest BCUT2D eigenvalue weighted by molar-refractivity contribution is 0.276. The van der Waals surface area contributed by atoms with Gasteiger partial charge in [-0.05, 0) is 52.6 Å². The van der Waals surface area contributed by atoms with Crippen LogP contribution in [0.1, 0.15) is 33.7 Å². The first-order chi connectivity index (χ1) is 19.1. The van der Waals surface area contributed by atoms with E-state index in [2.05, 4.69) is 0 Å². The summed E-state index contributed by atoms with van der Waals surface area (Å²) in [7, 11) is 6.44. The molecule has 6 heteroatoms. The second-order valence-electron chi connectivity index (χ2n) is 8.89. The highest BCUT2D eigenvalue weighted by Crippen LogP contribution is 2.40. The highest BCUT2D eigenvalue weighted by molar-refractivity contribution is 5.74. The number of hydrogen-bond donors (Lipinski definition) is 1. The van der Waals surface area contributed by atoms with Gasteiger partial charge in [-0.1, -0.05) is 54.6 Å². The van der Waals surface area contributed by atoms with Crippen molar-refractivity contribution in [3.63, 3.8) is 0 Å². The van der Waals surface area contributed by atoms with Gasteiger partial charge in [0, 0.05) is 23.6 Å². The molecule has 0 spiro atoms. The molecule has 39 heavy (non-hydrogen) atoms. The normalized spacial score (nSPS) is 11.7. The Bertz CT molecular complexity index is 1360. The molecule has 1 atom stereocenters. The lowest BCUT2D eigenvalue weighted by Gasteiger charge is -2.23. The lowest BCUT2D eigenvalue weighted by Crippen LogP contribution is -2.11. The molecule has 0 amide bonds. The predicted molar refractivity (Wildman–Crippen MR) is 154 cm³/mol. The highest BCUT2D eigenvalue weighted by atomic mass is 16.5. The van der Waals surface area contributed by atoms with Gasteiger partial charge < -0.3 is 28.8 Å². The lowest BCUT2D eigenvalue weighted by atomic mass is 9.87. The van der Waals surface area contributed by atoms with E-state index in [-0.39, 0.29) is 6.61 Å². The molecule has 0 saturated heterocycles. The van der Waals surface area contributed by atoms with Crippen LogP contribution in [0, 0.1) is 0 Å². The molecule has 202 valence electrons. The number of aliphatic hydroxyl groups is 1. The molecular formula is C33H34O6. The summed E-state index contributed by atoms with van der Waals surface area (Å²) in [4.78, 5) is 0. The fourth-order valence-corrected chi connectivity index (χ4v) is 4.42. The highest BCUT2D eigenvalue weighted by Gasteiger charge is 2.23.